The van der Waals surface area contributed by atoms with Crippen molar-refractivity contribution in [2.24, 2.45) is 5.92 Å². The summed E-state index contributed by atoms with van der Waals surface area (Å²) in [5, 5.41) is 4.08. The number of nitrogen functional groups attached to an aromatic ring is 1. The van der Waals surface area contributed by atoms with Crippen LogP contribution in [0.5, 0.6) is 0 Å². The Bertz CT molecular complexity index is 754. The van der Waals surface area contributed by atoms with E-state index >= 15 is 0 Å². The van der Waals surface area contributed by atoms with Crippen LogP contribution in [0.15, 0.2) is 16.9 Å². The maximum absolute atomic E-state index is 13.1. The fourth-order valence-corrected chi connectivity index (χ4v) is 3.54. The van der Waals surface area contributed by atoms with Gasteiger partial charge in [-0.1, -0.05) is 19.0 Å². The van der Waals surface area contributed by atoms with Gasteiger partial charge in [-0.15, -0.1) is 0 Å². The summed E-state index contributed by atoms with van der Waals surface area (Å²) < 4.78 is 5.29. The fraction of sp³-hybridized carbons (Fsp3) is 0.579. The van der Waals surface area contributed by atoms with Gasteiger partial charge in [-0.2, -0.15) is 0 Å². The van der Waals surface area contributed by atoms with Crippen LogP contribution in [-0.4, -0.2) is 39.0 Å². The third-order valence-corrected chi connectivity index (χ3v) is 5.01. The van der Waals surface area contributed by atoms with Gasteiger partial charge in [-0.25, -0.2) is 4.98 Å². The Morgan fingerprint density at radius 3 is 2.81 bits per heavy atom. The quantitative estimate of drug-likeness (QED) is 0.903. The largest absolute Gasteiger partial charge is 0.382 e. The van der Waals surface area contributed by atoms with E-state index in [1.165, 1.54) is 0 Å². The molecule has 3 heterocycles. The van der Waals surface area contributed by atoms with Gasteiger partial charge in [0.1, 0.15) is 17.1 Å². The molecule has 7 nitrogen and oxygen atoms in total. The molecular weight excluding hydrogens is 330 g/mol. The van der Waals surface area contributed by atoms with Crippen molar-refractivity contribution in [3.63, 3.8) is 0 Å². The zero-order valence-electron chi connectivity index (χ0n) is 15.7. The van der Waals surface area contributed by atoms with Crippen LogP contribution in [0.25, 0.3) is 0 Å². The van der Waals surface area contributed by atoms with Gasteiger partial charge in [0, 0.05) is 13.1 Å². The Kier molecular flexibility index (Phi) is 5.54. The van der Waals surface area contributed by atoms with Gasteiger partial charge in [0.15, 0.2) is 0 Å². The molecular formula is C19H27N5O2. The average molecular weight is 357 g/mol. The number of amides is 1. The first kappa shape index (κ1) is 18.4. The number of aryl methyl sites for hydroxylation is 1. The fourth-order valence-electron chi connectivity index (χ4n) is 3.54. The topological polar surface area (TPSA) is 98.1 Å². The number of hydrogen-bond donors (Lipinski definition) is 1. The van der Waals surface area contributed by atoms with Crippen molar-refractivity contribution in [3.8, 4) is 0 Å². The van der Waals surface area contributed by atoms with E-state index in [0.29, 0.717) is 23.1 Å². The molecule has 2 N–H and O–H groups in total. The van der Waals surface area contributed by atoms with E-state index in [2.05, 4.69) is 15.1 Å². The molecule has 1 fully saturated rings. The molecule has 140 valence electrons. The second kappa shape index (κ2) is 7.85. The SMILES string of the molecule is Cc1onc(C(C)C)c1C(=O)N1CCC[C@@H](Cc2cnc(N)cn2)CC1. The van der Waals surface area contributed by atoms with Gasteiger partial charge in [0.25, 0.3) is 5.91 Å². The second-order valence-electron chi connectivity index (χ2n) is 7.38. The normalized spacial score (nSPS) is 18.2. The number of aromatic nitrogens is 3. The molecule has 2 aromatic rings. The zero-order chi connectivity index (χ0) is 18.7. The van der Waals surface area contributed by atoms with Crippen molar-refractivity contribution in [2.45, 2.75) is 52.4 Å². The maximum atomic E-state index is 13.1. The summed E-state index contributed by atoms with van der Waals surface area (Å²) in [4.78, 5) is 23.5. The summed E-state index contributed by atoms with van der Waals surface area (Å²) in [7, 11) is 0. The molecule has 0 unspecified atom stereocenters. The minimum absolute atomic E-state index is 0.0420. The molecule has 1 atom stereocenters. The Hall–Kier alpha value is -2.44. The molecule has 0 spiro atoms. The van der Waals surface area contributed by atoms with Gasteiger partial charge in [-0.05, 0) is 44.4 Å². The molecule has 3 rings (SSSR count). The van der Waals surface area contributed by atoms with Gasteiger partial charge < -0.3 is 15.2 Å². The van der Waals surface area contributed by atoms with Crippen molar-refractivity contribution in [2.75, 3.05) is 18.8 Å². The van der Waals surface area contributed by atoms with E-state index in [1.807, 2.05) is 25.7 Å². The third-order valence-electron chi connectivity index (χ3n) is 5.01. The van der Waals surface area contributed by atoms with Crippen LogP contribution in [0.3, 0.4) is 0 Å². The summed E-state index contributed by atoms with van der Waals surface area (Å²) >= 11 is 0. The van der Waals surface area contributed by atoms with E-state index in [1.54, 1.807) is 12.4 Å². The van der Waals surface area contributed by atoms with E-state index in [-0.39, 0.29) is 11.8 Å². The van der Waals surface area contributed by atoms with Crippen LogP contribution in [0.2, 0.25) is 0 Å². The monoisotopic (exact) mass is 357 g/mol. The highest BCUT2D eigenvalue weighted by molar-refractivity contribution is 5.96. The van der Waals surface area contributed by atoms with Crippen molar-refractivity contribution in [1.29, 1.82) is 0 Å². The predicted molar refractivity (Wildman–Crippen MR) is 98.7 cm³/mol. The van der Waals surface area contributed by atoms with E-state index in [4.69, 9.17) is 10.3 Å². The summed E-state index contributed by atoms with van der Waals surface area (Å²) in [5.74, 6) is 1.75. The maximum Gasteiger partial charge on any atom is 0.259 e. The average Bonchev–Trinajstić information content (AvgIpc) is 2.85. The lowest BCUT2D eigenvalue weighted by molar-refractivity contribution is 0.0757. The Morgan fingerprint density at radius 1 is 1.31 bits per heavy atom. The molecule has 0 radical (unpaired) electrons. The minimum atomic E-state index is 0.0420. The number of anilines is 1. The first-order valence-corrected chi connectivity index (χ1v) is 9.27. The minimum Gasteiger partial charge on any atom is -0.382 e. The van der Waals surface area contributed by atoms with E-state index in [9.17, 15) is 4.79 Å². The summed E-state index contributed by atoms with van der Waals surface area (Å²) in [6.07, 6.45) is 7.25. The van der Waals surface area contributed by atoms with Crippen molar-refractivity contribution in [1.82, 2.24) is 20.0 Å². The number of nitrogens with zero attached hydrogens (tertiary/aromatic N) is 4. The molecule has 0 aromatic carbocycles. The standard InChI is InChI=1S/C19H27N5O2/c1-12(2)18-17(13(3)26-23-18)19(25)24-7-4-5-14(6-8-24)9-15-10-22-16(20)11-21-15/h10-12,14H,4-9H2,1-3H3,(H2,20,22)/t14-/m1/s1. The lowest BCUT2D eigenvalue weighted by atomic mass is 9.95. The van der Waals surface area contributed by atoms with Gasteiger partial charge in [0.05, 0.1) is 23.8 Å². The highest BCUT2D eigenvalue weighted by Gasteiger charge is 2.28. The second-order valence-corrected chi connectivity index (χ2v) is 7.38. The van der Waals surface area contributed by atoms with Crippen molar-refractivity contribution < 1.29 is 9.32 Å². The summed E-state index contributed by atoms with van der Waals surface area (Å²) in [6.45, 7) is 7.38. The molecule has 0 saturated carbocycles. The Balaban J connectivity index is 1.66. The number of carbonyl (C=O) groups is 1. The summed E-state index contributed by atoms with van der Waals surface area (Å²) in [6, 6.07) is 0. The highest BCUT2D eigenvalue weighted by Crippen LogP contribution is 2.26. The molecule has 1 aliphatic heterocycles. The molecule has 2 aromatic heterocycles. The third kappa shape index (κ3) is 4.03. The lowest BCUT2D eigenvalue weighted by Crippen LogP contribution is -2.33. The molecule has 1 saturated heterocycles. The molecule has 7 heteroatoms. The van der Waals surface area contributed by atoms with Crippen LogP contribution in [0, 0.1) is 12.8 Å². The van der Waals surface area contributed by atoms with Gasteiger partial charge in [0.2, 0.25) is 0 Å². The summed E-state index contributed by atoms with van der Waals surface area (Å²) in [5.41, 5.74) is 7.95. The number of carbonyl (C=O) groups excluding carboxylic acids is 1. The number of likely N-dealkylation sites (tertiary alicyclic amines) is 1. The Labute approximate surface area is 154 Å². The highest BCUT2D eigenvalue weighted by atomic mass is 16.5. The van der Waals surface area contributed by atoms with Crippen molar-refractivity contribution >= 4 is 11.7 Å². The van der Waals surface area contributed by atoms with Crippen LogP contribution < -0.4 is 5.73 Å². The van der Waals surface area contributed by atoms with Crippen LogP contribution in [0.4, 0.5) is 5.82 Å². The van der Waals surface area contributed by atoms with E-state index in [0.717, 1.165) is 50.2 Å². The smallest absolute Gasteiger partial charge is 0.259 e. The molecule has 1 amide bonds. The predicted octanol–water partition coefficient (Wildman–Crippen LogP) is 2.96. The molecule has 0 aliphatic carbocycles. The molecule has 1 aliphatic rings. The number of hydrogen-bond acceptors (Lipinski definition) is 6. The molecule has 26 heavy (non-hydrogen) atoms. The lowest BCUT2D eigenvalue weighted by Gasteiger charge is -2.21. The van der Waals surface area contributed by atoms with Crippen LogP contribution in [0.1, 0.15) is 66.5 Å². The van der Waals surface area contributed by atoms with Gasteiger partial charge in [-0.3, -0.25) is 9.78 Å². The molecule has 0 bridgehead atoms. The van der Waals surface area contributed by atoms with Crippen LogP contribution >= 0.6 is 0 Å². The first-order valence-electron chi connectivity index (χ1n) is 9.27. The zero-order valence-corrected chi connectivity index (χ0v) is 15.7. The van der Waals surface area contributed by atoms with Crippen LogP contribution in [-0.2, 0) is 6.42 Å². The van der Waals surface area contributed by atoms with Gasteiger partial charge >= 0.3 is 0 Å². The number of rotatable bonds is 4. The number of nitrogens with two attached hydrogens (primary N) is 1. The van der Waals surface area contributed by atoms with E-state index < -0.39 is 0 Å². The van der Waals surface area contributed by atoms with Crippen molar-refractivity contribution in [3.05, 3.63) is 35.1 Å². The first-order chi connectivity index (χ1) is 12.5. The Morgan fingerprint density at radius 2 is 2.12 bits per heavy atom.